The molecule has 2 nitrogen and oxygen atoms in total. The van der Waals surface area contributed by atoms with Crippen LogP contribution in [0.1, 0.15) is 58.8 Å². The first-order chi connectivity index (χ1) is 9.37. The predicted octanol–water partition coefficient (Wildman–Crippen LogP) is 4.96. The van der Waals surface area contributed by atoms with E-state index in [-0.39, 0.29) is 17.6 Å². The molecule has 0 aromatic rings. The third-order valence-corrected chi connectivity index (χ3v) is 4.01. The number of carbonyl (C=O) groups is 1. The molecule has 0 amide bonds. The van der Waals surface area contributed by atoms with Gasteiger partial charge in [0, 0.05) is 6.42 Å². The number of hydrogen-bond acceptors (Lipinski definition) is 3. The van der Waals surface area contributed by atoms with Crippen molar-refractivity contribution in [3.05, 3.63) is 0 Å². The van der Waals surface area contributed by atoms with Crippen molar-refractivity contribution >= 4 is 17.7 Å². The van der Waals surface area contributed by atoms with Gasteiger partial charge in [0.05, 0.1) is 11.9 Å². The molecule has 0 radical (unpaired) electrons. The summed E-state index contributed by atoms with van der Waals surface area (Å²) in [5.74, 6) is 0.594. The van der Waals surface area contributed by atoms with Crippen LogP contribution in [-0.2, 0) is 9.53 Å². The van der Waals surface area contributed by atoms with Gasteiger partial charge in [-0.3, -0.25) is 4.79 Å². The van der Waals surface area contributed by atoms with E-state index >= 15 is 0 Å². The van der Waals surface area contributed by atoms with Gasteiger partial charge in [0.15, 0.2) is 0 Å². The first-order valence-electron chi connectivity index (χ1n) is 7.21. The van der Waals surface area contributed by atoms with Gasteiger partial charge in [0.1, 0.15) is 0 Å². The number of rotatable bonds is 11. The first kappa shape index (κ1) is 19.6. The smallest absolute Gasteiger partial charge is 0.389 e. The summed E-state index contributed by atoms with van der Waals surface area (Å²) < 4.78 is 40.8. The number of alkyl halides is 3. The lowest BCUT2D eigenvalue weighted by molar-refractivity contribution is -0.142. The van der Waals surface area contributed by atoms with Crippen LogP contribution in [0, 0.1) is 0 Å². The molecule has 1 atom stereocenters. The third kappa shape index (κ3) is 12.6. The fourth-order valence-corrected chi connectivity index (χ4v) is 2.47. The van der Waals surface area contributed by atoms with Crippen LogP contribution in [0.5, 0.6) is 0 Å². The highest BCUT2D eigenvalue weighted by Gasteiger charge is 2.25. The van der Waals surface area contributed by atoms with E-state index in [0.717, 1.165) is 31.4 Å². The van der Waals surface area contributed by atoms with Crippen molar-refractivity contribution in [1.82, 2.24) is 0 Å². The van der Waals surface area contributed by atoms with Gasteiger partial charge >= 0.3 is 12.1 Å². The molecular weight excluding hydrogens is 289 g/mol. The third-order valence-electron chi connectivity index (χ3n) is 2.80. The Morgan fingerprint density at radius 1 is 1.15 bits per heavy atom. The normalized spacial score (nSPS) is 13.2. The number of esters is 1. The Kier molecular flexibility index (Phi) is 11.1. The van der Waals surface area contributed by atoms with E-state index in [1.54, 1.807) is 0 Å². The summed E-state index contributed by atoms with van der Waals surface area (Å²) in [6.45, 7) is 4.31. The van der Waals surface area contributed by atoms with Crippen molar-refractivity contribution in [3.8, 4) is 0 Å². The predicted molar refractivity (Wildman–Crippen MR) is 76.9 cm³/mol. The molecule has 0 aliphatic rings. The molecule has 20 heavy (non-hydrogen) atoms. The van der Waals surface area contributed by atoms with E-state index < -0.39 is 12.6 Å². The minimum Gasteiger partial charge on any atom is -0.465 e. The highest BCUT2D eigenvalue weighted by atomic mass is 32.2. The van der Waals surface area contributed by atoms with E-state index in [0.29, 0.717) is 13.0 Å². The SMILES string of the molecule is CCCCOC(=O)C(C)SCCCCCCC(F)(F)F. The molecule has 0 bridgehead atoms. The lowest BCUT2D eigenvalue weighted by atomic mass is 10.1. The molecule has 0 N–H and O–H groups in total. The molecule has 0 spiro atoms. The Morgan fingerprint density at radius 3 is 2.40 bits per heavy atom. The van der Waals surface area contributed by atoms with Gasteiger partial charge < -0.3 is 4.74 Å². The maximum Gasteiger partial charge on any atom is 0.389 e. The van der Waals surface area contributed by atoms with Gasteiger partial charge in [-0.15, -0.1) is 11.8 Å². The van der Waals surface area contributed by atoms with Gasteiger partial charge in [-0.2, -0.15) is 13.2 Å². The molecule has 0 rings (SSSR count). The minimum atomic E-state index is -4.04. The van der Waals surface area contributed by atoms with Crippen LogP contribution < -0.4 is 0 Å². The second-order valence-corrected chi connectivity index (χ2v) is 6.26. The van der Waals surface area contributed by atoms with Crippen molar-refractivity contribution in [1.29, 1.82) is 0 Å². The summed E-state index contributed by atoms with van der Waals surface area (Å²) in [6, 6.07) is 0. The minimum absolute atomic E-state index is 0.193. The van der Waals surface area contributed by atoms with E-state index in [9.17, 15) is 18.0 Å². The molecule has 1 unspecified atom stereocenters. The summed E-state index contributed by atoms with van der Waals surface area (Å²) in [6.07, 6.45) is -0.450. The fraction of sp³-hybridized carbons (Fsp3) is 0.929. The van der Waals surface area contributed by atoms with Gasteiger partial charge in [0.25, 0.3) is 0 Å². The monoisotopic (exact) mass is 314 g/mol. The van der Waals surface area contributed by atoms with Crippen LogP contribution >= 0.6 is 11.8 Å². The van der Waals surface area contributed by atoms with Gasteiger partial charge in [-0.25, -0.2) is 0 Å². The molecule has 0 aliphatic heterocycles. The summed E-state index contributed by atoms with van der Waals surface area (Å²) in [7, 11) is 0. The molecule has 0 saturated carbocycles. The number of thioether (sulfide) groups is 1. The van der Waals surface area contributed by atoms with Gasteiger partial charge in [-0.1, -0.05) is 26.2 Å². The van der Waals surface area contributed by atoms with Crippen LogP contribution in [0.25, 0.3) is 0 Å². The standard InChI is InChI=1S/C14H25F3O2S/c1-3-4-10-19-13(18)12(2)20-11-8-6-5-7-9-14(15,16)17/h12H,3-11H2,1-2H3. The van der Waals surface area contributed by atoms with Crippen molar-refractivity contribution in [2.24, 2.45) is 0 Å². The molecular formula is C14H25F3O2S. The zero-order chi connectivity index (χ0) is 15.4. The average molecular weight is 314 g/mol. The second kappa shape index (κ2) is 11.3. The van der Waals surface area contributed by atoms with Crippen LogP contribution in [0.4, 0.5) is 13.2 Å². The Hall–Kier alpha value is -0.390. The van der Waals surface area contributed by atoms with Crippen molar-refractivity contribution in [2.45, 2.75) is 70.2 Å². The first-order valence-corrected chi connectivity index (χ1v) is 8.26. The van der Waals surface area contributed by atoms with E-state index in [1.807, 2.05) is 13.8 Å². The van der Waals surface area contributed by atoms with Gasteiger partial charge in [-0.05, 0) is 31.9 Å². The Labute approximate surface area is 123 Å². The van der Waals surface area contributed by atoms with E-state index in [2.05, 4.69) is 0 Å². The summed E-state index contributed by atoms with van der Waals surface area (Å²) >= 11 is 1.51. The van der Waals surface area contributed by atoms with Crippen molar-refractivity contribution in [3.63, 3.8) is 0 Å². The molecule has 0 fully saturated rings. The lowest BCUT2D eigenvalue weighted by Gasteiger charge is -2.11. The number of halogens is 3. The molecule has 0 heterocycles. The molecule has 120 valence electrons. The maximum absolute atomic E-state index is 11.9. The van der Waals surface area contributed by atoms with Crippen LogP contribution in [0.3, 0.4) is 0 Å². The quantitative estimate of drug-likeness (QED) is 0.398. The number of unbranched alkanes of at least 4 members (excludes halogenated alkanes) is 4. The molecule has 0 aromatic heterocycles. The largest absolute Gasteiger partial charge is 0.465 e. The van der Waals surface area contributed by atoms with Crippen molar-refractivity contribution < 1.29 is 22.7 Å². The Bertz CT molecular complexity index is 257. The van der Waals surface area contributed by atoms with E-state index in [4.69, 9.17) is 4.74 Å². The fourth-order valence-electron chi connectivity index (χ4n) is 1.54. The lowest BCUT2D eigenvalue weighted by Crippen LogP contribution is -2.18. The summed E-state index contributed by atoms with van der Waals surface area (Å²) in [5.41, 5.74) is 0. The summed E-state index contributed by atoms with van der Waals surface area (Å²) in [5, 5.41) is -0.193. The number of carbonyl (C=O) groups excluding carboxylic acids is 1. The highest BCUT2D eigenvalue weighted by molar-refractivity contribution is 8.00. The van der Waals surface area contributed by atoms with E-state index in [1.165, 1.54) is 11.8 Å². The average Bonchev–Trinajstić information content (AvgIpc) is 2.36. The highest BCUT2D eigenvalue weighted by Crippen LogP contribution is 2.23. The maximum atomic E-state index is 11.9. The molecule has 0 saturated heterocycles. The zero-order valence-electron chi connectivity index (χ0n) is 12.3. The molecule has 0 aliphatic carbocycles. The van der Waals surface area contributed by atoms with Crippen LogP contribution in [0.2, 0.25) is 0 Å². The summed E-state index contributed by atoms with van der Waals surface area (Å²) in [4.78, 5) is 11.5. The second-order valence-electron chi connectivity index (χ2n) is 4.81. The number of ether oxygens (including phenoxy) is 1. The Balaban J connectivity index is 3.43. The number of hydrogen-bond donors (Lipinski definition) is 0. The molecule has 0 aromatic carbocycles. The zero-order valence-corrected chi connectivity index (χ0v) is 13.1. The Morgan fingerprint density at radius 2 is 1.80 bits per heavy atom. The molecule has 6 heteroatoms. The van der Waals surface area contributed by atoms with Crippen LogP contribution in [0.15, 0.2) is 0 Å². The van der Waals surface area contributed by atoms with Crippen molar-refractivity contribution in [2.75, 3.05) is 12.4 Å². The van der Waals surface area contributed by atoms with Gasteiger partial charge in [0.2, 0.25) is 0 Å². The topological polar surface area (TPSA) is 26.3 Å². The van der Waals surface area contributed by atoms with Crippen LogP contribution in [-0.4, -0.2) is 29.8 Å².